The molecule has 0 radical (unpaired) electrons. The number of rotatable bonds is 5. The van der Waals surface area contributed by atoms with Crippen molar-refractivity contribution in [2.24, 2.45) is 11.8 Å². The van der Waals surface area contributed by atoms with Crippen molar-refractivity contribution in [3.05, 3.63) is 70.8 Å². The fourth-order valence-electron chi connectivity index (χ4n) is 5.73. The Kier molecular flexibility index (Phi) is 5.42. The summed E-state index contributed by atoms with van der Waals surface area (Å²) in [7, 11) is 0. The maximum atomic E-state index is 11.7. The highest BCUT2D eigenvalue weighted by molar-refractivity contribution is 6.30. The van der Waals surface area contributed by atoms with Gasteiger partial charge in [-0.1, -0.05) is 23.7 Å². The zero-order chi connectivity index (χ0) is 22.5. The first-order valence-corrected chi connectivity index (χ1v) is 11.6. The number of hydrogen-bond donors (Lipinski definition) is 2. The van der Waals surface area contributed by atoms with Gasteiger partial charge in [-0.3, -0.25) is 0 Å². The van der Waals surface area contributed by atoms with Crippen molar-refractivity contribution in [1.29, 1.82) is 0 Å². The number of fused-ring (bicyclic) bond motifs is 3. The molecule has 4 atom stereocenters. The quantitative estimate of drug-likeness (QED) is 0.642. The number of halogens is 1. The van der Waals surface area contributed by atoms with Gasteiger partial charge < -0.3 is 19.8 Å². The van der Waals surface area contributed by atoms with E-state index in [9.17, 15) is 15.0 Å². The number of benzene rings is 2. The summed E-state index contributed by atoms with van der Waals surface area (Å²) < 4.78 is 6.33. The molecule has 0 saturated heterocycles. The van der Waals surface area contributed by atoms with E-state index in [-0.39, 0.29) is 16.9 Å². The summed E-state index contributed by atoms with van der Waals surface area (Å²) in [6.45, 7) is 5.79. The van der Waals surface area contributed by atoms with E-state index >= 15 is 0 Å². The van der Waals surface area contributed by atoms with E-state index in [2.05, 4.69) is 23.6 Å². The van der Waals surface area contributed by atoms with Gasteiger partial charge in [-0.25, -0.2) is 4.79 Å². The van der Waals surface area contributed by atoms with Crippen LogP contribution in [0.25, 0.3) is 0 Å². The third-order valence-corrected chi connectivity index (χ3v) is 7.90. The maximum absolute atomic E-state index is 11.7. The van der Waals surface area contributed by atoms with Crippen molar-refractivity contribution < 1.29 is 19.7 Å². The van der Waals surface area contributed by atoms with E-state index in [4.69, 9.17) is 16.3 Å². The lowest BCUT2D eigenvalue weighted by molar-refractivity contribution is 0.0461. The Morgan fingerprint density at radius 3 is 2.88 bits per heavy atom. The highest BCUT2D eigenvalue weighted by Gasteiger charge is 2.45. The molecule has 1 saturated carbocycles. The lowest BCUT2D eigenvalue weighted by Crippen LogP contribution is -2.47. The summed E-state index contributed by atoms with van der Waals surface area (Å²) >= 11 is 6.26. The molecule has 2 aromatic carbocycles. The summed E-state index contributed by atoms with van der Waals surface area (Å²) in [5, 5.41) is 20.7. The number of carboxylic acid groups (broad SMARTS) is 1. The normalized spacial score (nSPS) is 27.0. The summed E-state index contributed by atoms with van der Waals surface area (Å²) in [4.78, 5) is 14.0. The Bertz CT molecular complexity index is 1070. The van der Waals surface area contributed by atoms with Crippen LogP contribution in [0.15, 0.2) is 49.1 Å². The van der Waals surface area contributed by atoms with E-state index in [0.29, 0.717) is 12.5 Å². The van der Waals surface area contributed by atoms with Gasteiger partial charge >= 0.3 is 5.97 Å². The summed E-state index contributed by atoms with van der Waals surface area (Å²) in [6, 6.07) is 11.2. The van der Waals surface area contributed by atoms with Crippen LogP contribution in [0.4, 0.5) is 5.69 Å². The topological polar surface area (TPSA) is 70.0 Å². The molecule has 0 aromatic heterocycles. The Morgan fingerprint density at radius 2 is 2.16 bits per heavy atom. The Hall–Kier alpha value is -2.50. The van der Waals surface area contributed by atoms with Crippen LogP contribution >= 0.6 is 11.6 Å². The molecule has 0 amide bonds. The van der Waals surface area contributed by atoms with Crippen molar-refractivity contribution >= 4 is 23.3 Å². The molecule has 5 rings (SSSR count). The Morgan fingerprint density at radius 1 is 1.31 bits per heavy atom. The average Bonchev–Trinajstić information content (AvgIpc) is 3.02. The maximum Gasteiger partial charge on any atom is 0.335 e. The number of aromatic carboxylic acids is 1. The van der Waals surface area contributed by atoms with Gasteiger partial charge in [0.15, 0.2) is 0 Å². The number of aliphatic hydroxyl groups excluding tert-OH is 1. The van der Waals surface area contributed by atoms with Crippen molar-refractivity contribution in [3.63, 3.8) is 0 Å². The van der Waals surface area contributed by atoms with Gasteiger partial charge in [0.25, 0.3) is 0 Å². The van der Waals surface area contributed by atoms with Crippen molar-refractivity contribution in [3.8, 4) is 5.75 Å². The third kappa shape index (κ3) is 3.57. The number of aliphatic hydroxyl groups is 1. The van der Waals surface area contributed by atoms with Gasteiger partial charge in [0.2, 0.25) is 0 Å². The van der Waals surface area contributed by atoms with Gasteiger partial charge in [0.05, 0.1) is 24.0 Å². The van der Waals surface area contributed by atoms with E-state index < -0.39 is 12.1 Å². The van der Waals surface area contributed by atoms with Crippen molar-refractivity contribution in [2.75, 3.05) is 24.6 Å². The second-order valence-electron chi connectivity index (χ2n) is 9.47. The number of nitrogens with zero attached hydrogens (tertiary/aromatic N) is 1. The van der Waals surface area contributed by atoms with Gasteiger partial charge in [-0.2, -0.15) is 0 Å². The van der Waals surface area contributed by atoms with Crippen LogP contribution in [-0.4, -0.2) is 42.0 Å². The monoisotopic (exact) mass is 453 g/mol. The minimum absolute atomic E-state index is 0.182. The third-order valence-electron chi connectivity index (χ3n) is 7.67. The lowest BCUT2D eigenvalue weighted by atomic mass is 9.70. The number of hydrogen-bond acceptors (Lipinski definition) is 4. The molecule has 0 bridgehead atoms. The van der Waals surface area contributed by atoms with E-state index in [1.165, 1.54) is 11.1 Å². The van der Waals surface area contributed by atoms with Crippen molar-refractivity contribution in [1.82, 2.24) is 0 Å². The van der Waals surface area contributed by atoms with Crippen LogP contribution < -0.4 is 9.64 Å². The molecule has 1 spiro atoms. The molecule has 5 nitrogen and oxygen atoms in total. The lowest BCUT2D eigenvalue weighted by Gasteiger charge is -2.43. The molecule has 1 fully saturated rings. The summed E-state index contributed by atoms with van der Waals surface area (Å²) in [5.41, 5.74) is 3.43. The van der Waals surface area contributed by atoms with Crippen LogP contribution in [0.2, 0.25) is 5.02 Å². The van der Waals surface area contributed by atoms with Crippen LogP contribution in [0, 0.1) is 11.8 Å². The molecule has 32 heavy (non-hydrogen) atoms. The fourth-order valence-corrected chi connectivity index (χ4v) is 5.93. The first-order valence-electron chi connectivity index (χ1n) is 11.2. The van der Waals surface area contributed by atoms with E-state index in [1.54, 1.807) is 24.3 Å². The SMILES string of the molecule is C=CC(O)[C@@H]1CC[C@H]1CN1CC2(CCc3cc(Cl)ccc32)COc2ccc(C(=O)O)cc21. The first-order chi connectivity index (χ1) is 15.4. The molecule has 3 aliphatic rings. The molecule has 6 heteroatoms. The molecular formula is C26H28ClNO4. The highest BCUT2D eigenvalue weighted by Crippen LogP contribution is 2.47. The zero-order valence-electron chi connectivity index (χ0n) is 18.0. The van der Waals surface area contributed by atoms with Gasteiger partial charge in [-0.05, 0) is 79.0 Å². The largest absolute Gasteiger partial charge is 0.490 e. The minimum Gasteiger partial charge on any atom is -0.490 e. The van der Waals surface area contributed by atoms with Crippen LogP contribution in [0.3, 0.4) is 0 Å². The number of anilines is 1. The number of ether oxygens (including phenoxy) is 1. The highest BCUT2D eigenvalue weighted by atomic mass is 35.5. The van der Waals surface area contributed by atoms with Gasteiger partial charge in [0, 0.05) is 23.5 Å². The second kappa shape index (κ2) is 8.13. The van der Waals surface area contributed by atoms with Crippen LogP contribution in [0.5, 0.6) is 5.75 Å². The molecule has 168 valence electrons. The Labute approximate surface area is 193 Å². The molecule has 2 N–H and O–H groups in total. The van der Waals surface area contributed by atoms with Gasteiger partial charge in [-0.15, -0.1) is 6.58 Å². The average molecular weight is 454 g/mol. The molecular weight excluding hydrogens is 426 g/mol. The number of aryl methyl sites for hydroxylation is 1. The van der Waals surface area contributed by atoms with E-state index in [0.717, 1.165) is 55.2 Å². The number of carbonyl (C=O) groups is 1. The van der Waals surface area contributed by atoms with Gasteiger partial charge in [0.1, 0.15) is 5.75 Å². The molecule has 1 heterocycles. The van der Waals surface area contributed by atoms with Crippen molar-refractivity contribution in [2.45, 2.75) is 37.2 Å². The zero-order valence-corrected chi connectivity index (χ0v) is 18.7. The molecule has 2 aromatic rings. The second-order valence-corrected chi connectivity index (χ2v) is 9.90. The number of carboxylic acids is 1. The smallest absolute Gasteiger partial charge is 0.335 e. The minimum atomic E-state index is -0.948. The fraction of sp³-hybridized carbons (Fsp3) is 0.423. The predicted octanol–water partition coefficient (Wildman–Crippen LogP) is 4.69. The van der Waals surface area contributed by atoms with Crippen LogP contribution in [0.1, 0.15) is 40.7 Å². The van der Waals surface area contributed by atoms with Crippen LogP contribution in [-0.2, 0) is 11.8 Å². The predicted molar refractivity (Wildman–Crippen MR) is 125 cm³/mol. The molecule has 2 aliphatic carbocycles. The molecule has 1 aliphatic heterocycles. The molecule has 2 unspecified atom stereocenters. The summed E-state index contributed by atoms with van der Waals surface area (Å²) in [6.07, 6.45) is 5.05. The van der Waals surface area contributed by atoms with E-state index in [1.807, 2.05) is 6.07 Å². The first kappa shape index (κ1) is 21.4. The summed E-state index contributed by atoms with van der Waals surface area (Å²) in [5.74, 6) is 0.282. The standard InChI is InChI=1S/C26H28ClNO4/c1-2-23(29)20-6-3-18(20)13-28-14-26(10-9-16-11-19(27)5-7-21(16)26)15-32-24-8-4-17(25(30)31)12-22(24)28/h2,4-5,7-8,11-12,18,20,23,29H,1,3,6,9-10,13-15H2,(H,30,31)/t18-,20+,23?,26?/m0/s1. The Balaban J connectivity index is 1.53.